The van der Waals surface area contributed by atoms with Crippen LogP contribution >= 0.6 is 0 Å². The number of rotatable bonds is 6. The first-order valence-electron chi connectivity index (χ1n) is 19.1. The number of hydrogen-bond acceptors (Lipinski definition) is 5. The Morgan fingerprint density at radius 3 is 1.70 bits per heavy atom. The first-order valence-corrected chi connectivity index (χ1v) is 19.1. The van der Waals surface area contributed by atoms with Crippen molar-refractivity contribution >= 4 is 49.3 Å². The summed E-state index contributed by atoms with van der Waals surface area (Å²) in [5.74, 6) is 0. The lowest BCUT2D eigenvalue weighted by Gasteiger charge is -2.32. The minimum atomic E-state index is -0.0609. The second kappa shape index (κ2) is 13.3. The van der Waals surface area contributed by atoms with Crippen molar-refractivity contribution in [1.29, 1.82) is 0 Å². The minimum Gasteiger partial charge on any atom is -0.362 e. The Balaban J connectivity index is 0.905. The minimum absolute atomic E-state index is 0.0609. The third kappa shape index (κ3) is 5.43. The summed E-state index contributed by atoms with van der Waals surface area (Å²) in [5.41, 5.74) is 13.6. The maximum absolute atomic E-state index is 5.23. The van der Waals surface area contributed by atoms with Crippen LogP contribution in [0.3, 0.4) is 0 Å². The van der Waals surface area contributed by atoms with Crippen LogP contribution in [0.5, 0.6) is 0 Å². The largest absolute Gasteiger partial charge is 0.362 e. The molecule has 11 rings (SSSR count). The number of para-hydroxylation sites is 2. The van der Waals surface area contributed by atoms with E-state index >= 15 is 0 Å². The highest BCUT2D eigenvalue weighted by Crippen LogP contribution is 2.37. The molecule has 270 valence electrons. The number of pyridine rings is 4. The number of hydrogen-bond donors (Lipinski definition) is 0. The van der Waals surface area contributed by atoms with E-state index in [9.17, 15) is 0 Å². The van der Waals surface area contributed by atoms with Crippen LogP contribution < -0.4 is 0 Å². The number of allylic oxidation sites excluding steroid dienone is 2. The van der Waals surface area contributed by atoms with Crippen LogP contribution in [0.15, 0.2) is 189 Å². The van der Waals surface area contributed by atoms with E-state index in [-0.39, 0.29) is 6.04 Å². The fourth-order valence-corrected chi connectivity index (χ4v) is 8.54. The molecular weight excluding hydrogens is 699 g/mol. The van der Waals surface area contributed by atoms with Gasteiger partial charge in [0.25, 0.3) is 0 Å². The van der Waals surface area contributed by atoms with Gasteiger partial charge in [-0.3, -0.25) is 9.97 Å². The van der Waals surface area contributed by atoms with Crippen molar-refractivity contribution < 1.29 is 0 Å². The lowest BCUT2D eigenvalue weighted by atomic mass is 10.0. The number of likely N-dealkylation sites (N-methyl/N-ethyl adjacent to an activating group) is 1. The molecule has 7 heteroatoms. The molecule has 10 aromatic rings. The zero-order chi connectivity index (χ0) is 37.9. The number of fused-ring (bicyclic) bond motifs is 6. The van der Waals surface area contributed by atoms with E-state index in [1.54, 1.807) is 0 Å². The van der Waals surface area contributed by atoms with Crippen molar-refractivity contribution in [3.8, 4) is 34.0 Å². The average molecular weight is 734 g/mol. The molecule has 0 radical (unpaired) electrons. The summed E-state index contributed by atoms with van der Waals surface area (Å²) in [6.45, 7) is 0. The van der Waals surface area contributed by atoms with Crippen molar-refractivity contribution in [2.24, 2.45) is 0 Å². The topological polar surface area (TPSA) is 64.7 Å². The van der Waals surface area contributed by atoms with Gasteiger partial charge in [0.1, 0.15) is 0 Å². The zero-order valence-corrected chi connectivity index (χ0v) is 31.1. The predicted molar refractivity (Wildman–Crippen MR) is 231 cm³/mol. The van der Waals surface area contributed by atoms with Gasteiger partial charge in [0.2, 0.25) is 0 Å². The second-order valence-electron chi connectivity index (χ2n) is 14.4. The smallest absolute Gasteiger partial charge is 0.0897 e. The highest BCUT2D eigenvalue weighted by Gasteiger charge is 2.23. The van der Waals surface area contributed by atoms with Gasteiger partial charge in [0.05, 0.1) is 50.9 Å². The monoisotopic (exact) mass is 733 g/mol. The maximum Gasteiger partial charge on any atom is 0.0897 e. The van der Waals surface area contributed by atoms with Crippen LogP contribution in [0.1, 0.15) is 17.3 Å². The van der Waals surface area contributed by atoms with Gasteiger partial charge in [-0.05, 0) is 84.4 Å². The van der Waals surface area contributed by atoms with E-state index in [1.807, 2.05) is 36.9 Å². The summed E-state index contributed by atoms with van der Waals surface area (Å²) in [5, 5.41) is 4.66. The maximum atomic E-state index is 5.23. The molecule has 1 aliphatic rings. The lowest BCUT2D eigenvalue weighted by molar-refractivity contribution is 0.405. The molecule has 0 saturated carbocycles. The molecule has 1 unspecified atom stereocenters. The summed E-state index contributed by atoms with van der Waals surface area (Å²) in [7, 11) is 2.15. The Bertz CT molecular complexity index is 3130. The van der Waals surface area contributed by atoms with Gasteiger partial charge in [0, 0.05) is 76.0 Å². The van der Waals surface area contributed by atoms with E-state index in [1.165, 1.54) is 10.8 Å². The molecule has 0 bridgehead atoms. The summed E-state index contributed by atoms with van der Waals surface area (Å²) in [4.78, 5) is 21.6. The first-order chi connectivity index (χ1) is 28.2. The third-order valence-corrected chi connectivity index (χ3v) is 11.2. The van der Waals surface area contributed by atoms with E-state index in [2.05, 4.69) is 183 Å². The molecule has 6 aromatic heterocycles. The normalized spacial score (nSPS) is 14.2. The van der Waals surface area contributed by atoms with Crippen molar-refractivity contribution in [1.82, 2.24) is 34.0 Å². The molecule has 0 spiro atoms. The average Bonchev–Trinajstić information content (AvgIpc) is 3.80. The van der Waals surface area contributed by atoms with Gasteiger partial charge in [-0.1, -0.05) is 84.9 Å². The van der Waals surface area contributed by atoms with Gasteiger partial charge in [-0.15, -0.1) is 0 Å². The molecule has 0 N–H and O–H groups in total. The molecule has 0 saturated heterocycles. The highest BCUT2D eigenvalue weighted by molar-refractivity contribution is 6.09. The van der Waals surface area contributed by atoms with Gasteiger partial charge in [0.15, 0.2) is 0 Å². The molecule has 1 atom stereocenters. The number of nitrogens with zero attached hydrogens (tertiary/aromatic N) is 7. The molecule has 7 nitrogen and oxygen atoms in total. The van der Waals surface area contributed by atoms with Gasteiger partial charge in [-0.25, -0.2) is 9.97 Å². The lowest BCUT2D eigenvalue weighted by Crippen LogP contribution is -2.24. The number of aromatic nitrogens is 6. The Kier molecular flexibility index (Phi) is 7.64. The highest BCUT2D eigenvalue weighted by atomic mass is 15.2. The molecule has 0 fully saturated rings. The Hall–Kier alpha value is -7.64. The Morgan fingerprint density at radius 1 is 0.474 bits per heavy atom. The molecule has 4 aromatic carbocycles. The fourth-order valence-electron chi connectivity index (χ4n) is 8.54. The van der Waals surface area contributed by atoms with Crippen LogP contribution in [0.2, 0.25) is 0 Å². The van der Waals surface area contributed by atoms with Crippen molar-refractivity contribution in [3.63, 3.8) is 0 Å². The van der Waals surface area contributed by atoms with Crippen LogP contribution in [0, 0.1) is 0 Å². The molecule has 7 heterocycles. The van der Waals surface area contributed by atoms with Crippen molar-refractivity contribution in [3.05, 3.63) is 200 Å². The van der Waals surface area contributed by atoms with Crippen molar-refractivity contribution in [2.45, 2.75) is 6.04 Å². The predicted octanol–water partition coefficient (Wildman–Crippen LogP) is 11.4. The SMILES string of the molecule is CN1C(c2cccc(-n3c4ccccc4c4cnccc43)c2)=CC=CC1c1cccc(-c2cccc(-c3cccc(-n4c5ccccc5c5cnccc54)c3)n2)n1. The summed E-state index contributed by atoms with van der Waals surface area (Å²) in [6, 6.07) is 50.9. The fraction of sp³-hybridized carbons (Fsp3) is 0.0400. The Labute approximate surface area is 329 Å². The van der Waals surface area contributed by atoms with Crippen LogP contribution in [-0.4, -0.2) is 41.0 Å². The number of benzene rings is 4. The summed E-state index contributed by atoms with van der Waals surface area (Å²) >= 11 is 0. The van der Waals surface area contributed by atoms with Crippen molar-refractivity contribution in [2.75, 3.05) is 7.05 Å². The van der Waals surface area contributed by atoms with Gasteiger partial charge in [-0.2, -0.15) is 0 Å². The van der Waals surface area contributed by atoms with Gasteiger partial charge >= 0.3 is 0 Å². The van der Waals surface area contributed by atoms with Gasteiger partial charge < -0.3 is 14.0 Å². The molecule has 1 aliphatic heterocycles. The molecular formula is C50H35N7. The summed E-state index contributed by atoms with van der Waals surface area (Å²) in [6.07, 6.45) is 14.2. The standard InChI is InChI=1S/C50H35N7/c1-55-45(34-12-7-14-36(30-34)57-47-22-5-3-16-38(47)40-32-52-28-26-49(40)57)23-10-24-50(55)44-20-9-19-43(54-44)42-18-8-17-41(53-42)33-11-6-13-35(29-33)56-46-21-4-2-15-37(46)39-31-51-27-25-48(39)56/h2-32,50H,1H3. The molecule has 0 amide bonds. The quantitative estimate of drug-likeness (QED) is 0.170. The third-order valence-electron chi connectivity index (χ3n) is 11.2. The zero-order valence-electron chi connectivity index (χ0n) is 31.1. The first kappa shape index (κ1) is 32.8. The van der Waals surface area contributed by atoms with E-state index in [4.69, 9.17) is 9.97 Å². The van der Waals surface area contributed by atoms with E-state index in [0.717, 1.165) is 83.8 Å². The second-order valence-corrected chi connectivity index (χ2v) is 14.4. The van der Waals surface area contributed by atoms with Crippen LogP contribution in [0.25, 0.3) is 83.3 Å². The van der Waals surface area contributed by atoms with E-state index < -0.39 is 0 Å². The van der Waals surface area contributed by atoms with E-state index in [0.29, 0.717) is 0 Å². The Morgan fingerprint density at radius 2 is 1.02 bits per heavy atom. The van der Waals surface area contributed by atoms with Crippen LogP contribution in [-0.2, 0) is 0 Å². The molecule has 0 aliphatic carbocycles. The summed E-state index contributed by atoms with van der Waals surface area (Å²) < 4.78 is 4.64. The van der Waals surface area contributed by atoms with Crippen LogP contribution in [0.4, 0.5) is 0 Å². The molecule has 57 heavy (non-hydrogen) atoms.